The smallest absolute Gasteiger partial charge is 0.211 e. The third-order valence-corrected chi connectivity index (χ3v) is 3.03. The zero-order valence-electron chi connectivity index (χ0n) is 10.4. The summed E-state index contributed by atoms with van der Waals surface area (Å²) in [5.41, 5.74) is 1.62. The van der Waals surface area contributed by atoms with E-state index in [0.717, 1.165) is 50.6 Å². The standard InChI is InChI=1S/C13H23NO2/c1-3-5-7-8-10-11(13(16)12(10)15)14-9-6-4-2/h12,14-15H,3-9H2,1-2H3. The Kier molecular flexibility index (Phi) is 5.53. The van der Waals surface area contributed by atoms with E-state index >= 15 is 0 Å². The molecular weight excluding hydrogens is 202 g/mol. The molecule has 3 heteroatoms. The van der Waals surface area contributed by atoms with E-state index in [0.29, 0.717) is 5.70 Å². The first-order valence-electron chi connectivity index (χ1n) is 6.41. The van der Waals surface area contributed by atoms with Crippen molar-refractivity contribution >= 4 is 5.78 Å². The van der Waals surface area contributed by atoms with Gasteiger partial charge in [0.2, 0.25) is 5.78 Å². The van der Waals surface area contributed by atoms with Crippen LogP contribution in [0.1, 0.15) is 52.4 Å². The largest absolute Gasteiger partial charge is 0.382 e. The van der Waals surface area contributed by atoms with Gasteiger partial charge in [0.1, 0.15) is 6.10 Å². The molecular formula is C13H23NO2. The second-order valence-electron chi connectivity index (χ2n) is 4.40. The van der Waals surface area contributed by atoms with E-state index in [1.807, 2.05) is 0 Å². The van der Waals surface area contributed by atoms with E-state index in [1.165, 1.54) is 0 Å². The lowest BCUT2D eigenvalue weighted by molar-refractivity contribution is -0.125. The number of Topliss-reactive ketones (excluding diaryl/α,β-unsaturated/α-hetero) is 1. The van der Waals surface area contributed by atoms with E-state index in [9.17, 15) is 9.90 Å². The average molecular weight is 225 g/mol. The molecule has 0 spiro atoms. The lowest BCUT2D eigenvalue weighted by Gasteiger charge is -2.29. The Hall–Kier alpha value is -0.830. The summed E-state index contributed by atoms with van der Waals surface area (Å²) < 4.78 is 0. The Bertz CT molecular complexity index is 271. The van der Waals surface area contributed by atoms with Gasteiger partial charge >= 0.3 is 0 Å². The first-order valence-corrected chi connectivity index (χ1v) is 6.41. The molecule has 0 radical (unpaired) electrons. The molecule has 0 aromatic rings. The minimum absolute atomic E-state index is 0.123. The predicted molar refractivity (Wildman–Crippen MR) is 65.1 cm³/mol. The van der Waals surface area contributed by atoms with Crippen molar-refractivity contribution in [2.24, 2.45) is 0 Å². The number of unbranched alkanes of at least 4 members (excludes halogenated alkanes) is 3. The Morgan fingerprint density at radius 3 is 2.50 bits per heavy atom. The highest BCUT2D eigenvalue weighted by atomic mass is 16.3. The number of aliphatic hydroxyl groups excluding tert-OH is 1. The van der Waals surface area contributed by atoms with Crippen LogP contribution in [-0.4, -0.2) is 23.5 Å². The van der Waals surface area contributed by atoms with E-state index in [2.05, 4.69) is 19.2 Å². The second kappa shape index (κ2) is 6.69. The van der Waals surface area contributed by atoms with Gasteiger partial charge in [-0.25, -0.2) is 0 Å². The third kappa shape index (κ3) is 3.08. The van der Waals surface area contributed by atoms with Gasteiger partial charge in [0.05, 0.1) is 5.70 Å². The molecule has 0 amide bonds. The molecule has 0 saturated carbocycles. The van der Waals surface area contributed by atoms with Crippen LogP contribution in [0.15, 0.2) is 11.3 Å². The fourth-order valence-electron chi connectivity index (χ4n) is 1.93. The molecule has 1 rings (SSSR count). The van der Waals surface area contributed by atoms with Crippen LogP contribution in [0.4, 0.5) is 0 Å². The van der Waals surface area contributed by atoms with Crippen LogP contribution < -0.4 is 5.32 Å². The average Bonchev–Trinajstić information content (AvgIpc) is 2.31. The highest BCUT2D eigenvalue weighted by Crippen LogP contribution is 2.27. The van der Waals surface area contributed by atoms with Crippen molar-refractivity contribution in [3.63, 3.8) is 0 Å². The van der Waals surface area contributed by atoms with E-state index in [4.69, 9.17) is 0 Å². The second-order valence-corrected chi connectivity index (χ2v) is 4.40. The Balaban J connectivity index is 2.43. The predicted octanol–water partition coefficient (Wildman–Crippen LogP) is 2.15. The molecule has 1 aliphatic rings. The van der Waals surface area contributed by atoms with Crippen molar-refractivity contribution in [3.8, 4) is 0 Å². The number of hydrogen-bond donors (Lipinski definition) is 2. The number of hydrogen-bond acceptors (Lipinski definition) is 3. The van der Waals surface area contributed by atoms with E-state index < -0.39 is 6.10 Å². The summed E-state index contributed by atoms with van der Waals surface area (Å²) in [5.74, 6) is -0.123. The molecule has 1 unspecified atom stereocenters. The van der Waals surface area contributed by atoms with Gasteiger partial charge in [-0.2, -0.15) is 0 Å². The van der Waals surface area contributed by atoms with Crippen molar-refractivity contribution in [2.75, 3.05) is 6.54 Å². The molecule has 0 bridgehead atoms. The van der Waals surface area contributed by atoms with Crippen LogP contribution in [0.3, 0.4) is 0 Å². The van der Waals surface area contributed by atoms with Crippen molar-refractivity contribution in [1.29, 1.82) is 0 Å². The maximum absolute atomic E-state index is 11.4. The van der Waals surface area contributed by atoms with Crippen molar-refractivity contribution in [2.45, 2.75) is 58.5 Å². The Labute approximate surface area is 97.9 Å². The number of nitrogens with one attached hydrogen (secondary N) is 1. The highest BCUT2D eigenvalue weighted by molar-refractivity contribution is 6.08. The van der Waals surface area contributed by atoms with Crippen LogP contribution in [0, 0.1) is 0 Å². The van der Waals surface area contributed by atoms with Crippen molar-refractivity contribution in [1.82, 2.24) is 5.32 Å². The maximum atomic E-state index is 11.4. The molecule has 3 nitrogen and oxygen atoms in total. The summed E-state index contributed by atoms with van der Waals surface area (Å²) >= 11 is 0. The number of ketones is 1. The van der Waals surface area contributed by atoms with Gasteiger partial charge in [0.15, 0.2) is 0 Å². The lowest BCUT2D eigenvalue weighted by atomic mass is 9.85. The number of aliphatic hydroxyl groups is 1. The van der Waals surface area contributed by atoms with E-state index in [1.54, 1.807) is 0 Å². The summed E-state index contributed by atoms with van der Waals surface area (Å²) in [6, 6.07) is 0. The van der Waals surface area contributed by atoms with Crippen LogP contribution in [0.25, 0.3) is 0 Å². The summed E-state index contributed by atoms with van der Waals surface area (Å²) in [7, 11) is 0. The molecule has 0 saturated heterocycles. The van der Waals surface area contributed by atoms with Gasteiger partial charge in [0, 0.05) is 6.54 Å². The van der Waals surface area contributed by atoms with Gasteiger partial charge in [-0.15, -0.1) is 0 Å². The van der Waals surface area contributed by atoms with Gasteiger partial charge in [-0.1, -0.05) is 33.1 Å². The Morgan fingerprint density at radius 2 is 1.88 bits per heavy atom. The quantitative estimate of drug-likeness (QED) is 0.622. The molecule has 0 aromatic carbocycles. The van der Waals surface area contributed by atoms with Crippen LogP contribution >= 0.6 is 0 Å². The first-order chi connectivity index (χ1) is 7.72. The van der Waals surface area contributed by atoms with Crippen LogP contribution in [0.5, 0.6) is 0 Å². The number of rotatable bonds is 8. The molecule has 1 aliphatic carbocycles. The van der Waals surface area contributed by atoms with Gasteiger partial charge < -0.3 is 10.4 Å². The summed E-state index contributed by atoms with van der Waals surface area (Å²) in [4.78, 5) is 11.4. The fraction of sp³-hybridized carbons (Fsp3) is 0.769. The minimum atomic E-state index is -0.819. The molecule has 16 heavy (non-hydrogen) atoms. The number of carbonyl (C=O) groups is 1. The summed E-state index contributed by atoms with van der Waals surface area (Å²) in [6.07, 6.45) is 5.60. The van der Waals surface area contributed by atoms with Crippen molar-refractivity contribution < 1.29 is 9.90 Å². The number of carbonyl (C=O) groups excluding carboxylic acids is 1. The first kappa shape index (κ1) is 13.2. The summed E-state index contributed by atoms with van der Waals surface area (Å²) in [6.45, 7) is 5.11. The zero-order valence-corrected chi connectivity index (χ0v) is 10.4. The topological polar surface area (TPSA) is 49.3 Å². The Morgan fingerprint density at radius 1 is 1.19 bits per heavy atom. The fourth-order valence-corrected chi connectivity index (χ4v) is 1.93. The molecule has 1 atom stereocenters. The lowest BCUT2D eigenvalue weighted by Crippen LogP contribution is -2.43. The van der Waals surface area contributed by atoms with Crippen LogP contribution in [-0.2, 0) is 4.79 Å². The van der Waals surface area contributed by atoms with Gasteiger partial charge in [0.25, 0.3) is 0 Å². The maximum Gasteiger partial charge on any atom is 0.211 e. The molecule has 0 aliphatic heterocycles. The highest BCUT2D eigenvalue weighted by Gasteiger charge is 2.36. The molecule has 92 valence electrons. The molecule has 0 aromatic heterocycles. The summed E-state index contributed by atoms with van der Waals surface area (Å²) in [5, 5.41) is 12.7. The van der Waals surface area contributed by atoms with Crippen LogP contribution in [0.2, 0.25) is 0 Å². The SMILES string of the molecule is CCCCCC1=C(NCCCC)C(=O)C1O. The molecule has 0 heterocycles. The van der Waals surface area contributed by atoms with E-state index in [-0.39, 0.29) is 5.78 Å². The normalized spacial score (nSPS) is 19.9. The van der Waals surface area contributed by atoms with Gasteiger partial charge in [-0.3, -0.25) is 4.79 Å². The minimum Gasteiger partial charge on any atom is -0.382 e. The zero-order chi connectivity index (χ0) is 12.0. The van der Waals surface area contributed by atoms with Crippen molar-refractivity contribution in [3.05, 3.63) is 11.3 Å². The molecule has 0 fully saturated rings. The third-order valence-electron chi connectivity index (χ3n) is 3.03. The monoisotopic (exact) mass is 225 g/mol. The van der Waals surface area contributed by atoms with Gasteiger partial charge in [-0.05, 0) is 24.8 Å². The molecule has 2 N–H and O–H groups in total.